The van der Waals surface area contributed by atoms with Crippen molar-refractivity contribution in [1.82, 2.24) is 4.90 Å². The Morgan fingerprint density at radius 3 is 2.25 bits per heavy atom. The lowest BCUT2D eigenvalue weighted by molar-refractivity contribution is -0.117. The maximum Gasteiger partial charge on any atom is 0.160 e. The number of carbonyl (C=O) groups is 1. The van der Waals surface area contributed by atoms with Crippen LogP contribution in [0.1, 0.15) is 46.5 Å². The largest absolute Gasteiger partial charge is 0.299 e. The standard InChI is InChI=1S/C14H25NO/c1-12(13(16)10-14(2,3)4)11-15-8-6-5-7-9-15/h1,5-11H2,2-4H3. The number of likely N-dealkylation sites (tertiary alicyclic amines) is 1. The van der Waals surface area contributed by atoms with Crippen molar-refractivity contribution in [2.24, 2.45) is 5.41 Å². The van der Waals surface area contributed by atoms with Crippen LogP contribution in [-0.2, 0) is 4.79 Å². The molecule has 0 saturated carbocycles. The normalized spacial score (nSPS) is 18.4. The summed E-state index contributed by atoms with van der Waals surface area (Å²) in [5.74, 6) is 0.234. The minimum atomic E-state index is 0.0714. The van der Waals surface area contributed by atoms with Gasteiger partial charge in [0.1, 0.15) is 0 Å². The zero-order valence-corrected chi connectivity index (χ0v) is 11.0. The Morgan fingerprint density at radius 1 is 1.19 bits per heavy atom. The van der Waals surface area contributed by atoms with Gasteiger partial charge in [0.05, 0.1) is 0 Å². The molecule has 92 valence electrons. The number of rotatable bonds is 4. The molecular formula is C14H25NO. The van der Waals surface area contributed by atoms with Crippen molar-refractivity contribution in [3.63, 3.8) is 0 Å². The van der Waals surface area contributed by atoms with Crippen LogP contribution in [0, 0.1) is 5.41 Å². The third kappa shape index (κ3) is 4.93. The molecule has 0 aliphatic carbocycles. The van der Waals surface area contributed by atoms with E-state index in [2.05, 4.69) is 32.3 Å². The fourth-order valence-electron chi connectivity index (χ4n) is 2.08. The number of hydrogen-bond acceptors (Lipinski definition) is 2. The minimum absolute atomic E-state index is 0.0714. The molecule has 1 fully saturated rings. The van der Waals surface area contributed by atoms with E-state index in [1.54, 1.807) is 0 Å². The third-order valence-corrected chi connectivity index (χ3v) is 2.95. The lowest BCUT2D eigenvalue weighted by Gasteiger charge is -2.27. The van der Waals surface area contributed by atoms with Crippen LogP contribution in [0.15, 0.2) is 12.2 Å². The van der Waals surface area contributed by atoms with E-state index in [1.165, 1.54) is 19.3 Å². The van der Waals surface area contributed by atoms with Crippen LogP contribution < -0.4 is 0 Å². The summed E-state index contributed by atoms with van der Waals surface area (Å²) in [6, 6.07) is 0. The van der Waals surface area contributed by atoms with Crippen molar-refractivity contribution < 1.29 is 4.79 Å². The van der Waals surface area contributed by atoms with Gasteiger partial charge in [0.15, 0.2) is 5.78 Å². The lowest BCUT2D eigenvalue weighted by atomic mass is 9.88. The van der Waals surface area contributed by atoms with Gasteiger partial charge in [-0.3, -0.25) is 9.69 Å². The molecule has 0 atom stereocenters. The molecular weight excluding hydrogens is 198 g/mol. The molecule has 2 nitrogen and oxygen atoms in total. The second kappa shape index (κ2) is 5.62. The summed E-state index contributed by atoms with van der Waals surface area (Å²) in [5, 5.41) is 0. The summed E-state index contributed by atoms with van der Waals surface area (Å²) < 4.78 is 0. The van der Waals surface area contributed by atoms with E-state index in [1.807, 2.05) is 0 Å². The lowest BCUT2D eigenvalue weighted by Crippen LogP contribution is -2.33. The Hall–Kier alpha value is -0.630. The van der Waals surface area contributed by atoms with Gasteiger partial charge in [-0.1, -0.05) is 33.8 Å². The number of ketones is 1. The maximum absolute atomic E-state index is 11.9. The highest BCUT2D eigenvalue weighted by Crippen LogP contribution is 2.21. The number of piperidine rings is 1. The van der Waals surface area contributed by atoms with Crippen LogP contribution in [0.25, 0.3) is 0 Å². The van der Waals surface area contributed by atoms with E-state index in [9.17, 15) is 4.79 Å². The first-order valence-electron chi connectivity index (χ1n) is 6.32. The maximum atomic E-state index is 11.9. The highest BCUT2D eigenvalue weighted by atomic mass is 16.1. The second-order valence-electron chi connectivity index (χ2n) is 6.10. The molecule has 0 bridgehead atoms. The Kier molecular flexibility index (Phi) is 4.72. The molecule has 0 spiro atoms. The molecule has 2 heteroatoms. The molecule has 16 heavy (non-hydrogen) atoms. The smallest absolute Gasteiger partial charge is 0.160 e. The van der Waals surface area contributed by atoms with Crippen LogP contribution in [0.4, 0.5) is 0 Å². The van der Waals surface area contributed by atoms with Crippen molar-refractivity contribution in [2.45, 2.75) is 46.5 Å². The highest BCUT2D eigenvalue weighted by Gasteiger charge is 2.20. The average molecular weight is 223 g/mol. The minimum Gasteiger partial charge on any atom is -0.299 e. The van der Waals surface area contributed by atoms with Gasteiger partial charge >= 0.3 is 0 Å². The van der Waals surface area contributed by atoms with Gasteiger partial charge in [-0.05, 0) is 31.3 Å². The summed E-state index contributed by atoms with van der Waals surface area (Å²) >= 11 is 0. The van der Waals surface area contributed by atoms with Gasteiger partial charge in [-0.15, -0.1) is 0 Å². The number of hydrogen-bond donors (Lipinski definition) is 0. The van der Waals surface area contributed by atoms with Gasteiger partial charge in [0, 0.05) is 18.5 Å². The van der Waals surface area contributed by atoms with Gasteiger partial charge < -0.3 is 0 Å². The first kappa shape index (κ1) is 13.4. The fraction of sp³-hybridized carbons (Fsp3) is 0.786. The molecule has 1 aliphatic rings. The molecule has 0 aromatic carbocycles. The summed E-state index contributed by atoms with van der Waals surface area (Å²) in [4.78, 5) is 14.3. The van der Waals surface area contributed by atoms with Crippen LogP contribution in [0.2, 0.25) is 0 Å². The van der Waals surface area contributed by atoms with E-state index >= 15 is 0 Å². The summed E-state index contributed by atoms with van der Waals surface area (Å²) in [7, 11) is 0. The molecule has 0 radical (unpaired) electrons. The van der Waals surface area contributed by atoms with E-state index < -0.39 is 0 Å². The van der Waals surface area contributed by atoms with Crippen molar-refractivity contribution in [2.75, 3.05) is 19.6 Å². The van der Waals surface area contributed by atoms with E-state index in [0.717, 1.165) is 25.2 Å². The molecule has 1 saturated heterocycles. The predicted molar refractivity (Wildman–Crippen MR) is 68.5 cm³/mol. The second-order valence-corrected chi connectivity index (χ2v) is 6.10. The van der Waals surface area contributed by atoms with Crippen molar-refractivity contribution in [3.8, 4) is 0 Å². The van der Waals surface area contributed by atoms with Gasteiger partial charge in [-0.25, -0.2) is 0 Å². The van der Waals surface area contributed by atoms with Crippen molar-refractivity contribution in [1.29, 1.82) is 0 Å². The molecule has 0 unspecified atom stereocenters. The Morgan fingerprint density at radius 2 is 1.75 bits per heavy atom. The number of Topliss-reactive ketones (excluding diaryl/α,β-unsaturated/α-hetero) is 1. The first-order chi connectivity index (χ1) is 7.38. The SMILES string of the molecule is C=C(CN1CCCCC1)C(=O)CC(C)(C)C. The summed E-state index contributed by atoms with van der Waals surface area (Å²) in [6.07, 6.45) is 4.47. The zero-order valence-electron chi connectivity index (χ0n) is 11.0. The van der Waals surface area contributed by atoms with Gasteiger partial charge in [0.25, 0.3) is 0 Å². The molecule has 0 aromatic heterocycles. The first-order valence-corrected chi connectivity index (χ1v) is 6.32. The predicted octanol–water partition coefficient (Wildman–Crippen LogP) is 3.03. The van der Waals surface area contributed by atoms with Crippen molar-refractivity contribution >= 4 is 5.78 Å². The highest BCUT2D eigenvalue weighted by molar-refractivity contribution is 5.95. The van der Waals surface area contributed by atoms with Crippen LogP contribution in [-0.4, -0.2) is 30.3 Å². The molecule has 0 amide bonds. The number of nitrogens with zero attached hydrogens (tertiary/aromatic N) is 1. The van der Waals surface area contributed by atoms with Crippen LogP contribution in [0.3, 0.4) is 0 Å². The monoisotopic (exact) mass is 223 g/mol. The van der Waals surface area contributed by atoms with E-state index in [0.29, 0.717) is 6.42 Å². The Bertz CT molecular complexity index is 256. The zero-order chi connectivity index (χ0) is 12.2. The number of carbonyl (C=O) groups excluding carboxylic acids is 1. The summed E-state index contributed by atoms with van der Waals surface area (Å²) in [6.45, 7) is 13.3. The molecule has 0 aromatic rings. The van der Waals surface area contributed by atoms with Gasteiger partial charge in [-0.2, -0.15) is 0 Å². The van der Waals surface area contributed by atoms with E-state index in [-0.39, 0.29) is 11.2 Å². The average Bonchev–Trinajstić information content (AvgIpc) is 2.16. The van der Waals surface area contributed by atoms with Crippen LogP contribution >= 0.6 is 0 Å². The quantitative estimate of drug-likeness (QED) is 0.683. The third-order valence-electron chi connectivity index (χ3n) is 2.95. The van der Waals surface area contributed by atoms with E-state index in [4.69, 9.17) is 0 Å². The Labute approximate surface area is 99.7 Å². The van der Waals surface area contributed by atoms with Crippen LogP contribution in [0.5, 0.6) is 0 Å². The molecule has 1 rings (SSSR count). The topological polar surface area (TPSA) is 20.3 Å². The molecule has 1 aliphatic heterocycles. The van der Waals surface area contributed by atoms with Gasteiger partial charge in [0.2, 0.25) is 0 Å². The molecule has 1 heterocycles. The fourth-order valence-corrected chi connectivity index (χ4v) is 2.08. The molecule has 0 N–H and O–H groups in total. The van der Waals surface area contributed by atoms with Crippen molar-refractivity contribution in [3.05, 3.63) is 12.2 Å². The summed E-state index contributed by atoms with van der Waals surface area (Å²) in [5.41, 5.74) is 0.860. The Balaban J connectivity index is 2.36.